The molecule has 0 saturated heterocycles. The number of unbranched alkanes of at least 4 members (excludes halogenated alkanes) is 11. The fourth-order valence-electron chi connectivity index (χ4n) is 4.54. The van der Waals surface area contributed by atoms with E-state index in [4.69, 9.17) is 16.3 Å². The third kappa shape index (κ3) is 11.2. The molecule has 6 heteroatoms. The summed E-state index contributed by atoms with van der Waals surface area (Å²) in [5.41, 5.74) is 4.52. The maximum Gasteiger partial charge on any atom is 0.255 e. The average Bonchev–Trinajstić information content (AvgIpc) is 3.32. The summed E-state index contributed by atoms with van der Waals surface area (Å²) in [6.07, 6.45) is 17.8. The number of thiazole rings is 1. The number of nitrogens with zero attached hydrogens (tertiary/aromatic N) is 1. The number of aromatic nitrogens is 1. The van der Waals surface area contributed by atoms with Crippen LogP contribution in [0.3, 0.4) is 0 Å². The Balaban J connectivity index is 1.37. The third-order valence-electron chi connectivity index (χ3n) is 6.75. The standard InChI is InChI=1S/C32H43ClN2O2S/c1-3-4-5-6-7-8-9-10-11-12-13-14-21-37-31-22-29(33)19-20-30(31)34-32(36)28-17-15-27(16-18-28)24-35-23-26(2)38-25-35/h15-20,22-23,25H,3-14,21,24H2,1-2H3/p+1. The van der Waals surface area contributed by atoms with E-state index in [9.17, 15) is 4.79 Å². The second-order valence-corrected chi connectivity index (χ2v) is 11.7. The Hall–Kier alpha value is -2.37. The van der Waals surface area contributed by atoms with Crippen molar-refractivity contribution in [1.29, 1.82) is 0 Å². The van der Waals surface area contributed by atoms with Crippen LogP contribution in [0.15, 0.2) is 54.2 Å². The molecule has 0 aliphatic rings. The van der Waals surface area contributed by atoms with Gasteiger partial charge in [-0.3, -0.25) is 4.79 Å². The van der Waals surface area contributed by atoms with Crippen LogP contribution < -0.4 is 14.6 Å². The Morgan fingerprint density at radius 3 is 2.13 bits per heavy atom. The largest absolute Gasteiger partial charge is 0.491 e. The van der Waals surface area contributed by atoms with Gasteiger partial charge in [0.15, 0.2) is 12.7 Å². The third-order valence-corrected chi connectivity index (χ3v) is 7.84. The van der Waals surface area contributed by atoms with Crippen molar-refractivity contribution in [3.8, 4) is 5.75 Å². The fraction of sp³-hybridized carbons (Fsp3) is 0.500. The molecule has 0 spiro atoms. The van der Waals surface area contributed by atoms with Gasteiger partial charge in [-0.1, -0.05) is 113 Å². The van der Waals surface area contributed by atoms with Gasteiger partial charge < -0.3 is 10.1 Å². The van der Waals surface area contributed by atoms with Crippen LogP contribution in [0.2, 0.25) is 5.02 Å². The van der Waals surface area contributed by atoms with Gasteiger partial charge in [0.25, 0.3) is 5.91 Å². The number of carbonyl (C=O) groups is 1. The van der Waals surface area contributed by atoms with Gasteiger partial charge in [-0.25, -0.2) is 0 Å². The molecular formula is C32H44ClN2O2S+. The van der Waals surface area contributed by atoms with Gasteiger partial charge in [0.1, 0.15) is 5.75 Å². The lowest BCUT2D eigenvalue weighted by molar-refractivity contribution is -0.683. The average molecular weight is 556 g/mol. The molecule has 0 unspecified atom stereocenters. The number of aryl methyl sites for hydroxylation is 1. The molecule has 0 bridgehead atoms. The van der Waals surface area contributed by atoms with Gasteiger partial charge in [0.05, 0.1) is 17.2 Å². The van der Waals surface area contributed by atoms with E-state index >= 15 is 0 Å². The maximum atomic E-state index is 12.9. The van der Waals surface area contributed by atoms with Crippen molar-refractivity contribution in [2.24, 2.45) is 0 Å². The molecule has 0 aliphatic carbocycles. The summed E-state index contributed by atoms with van der Waals surface area (Å²) in [6, 6.07) is 13.1. The molecule has 0 aliphatic heterocycles. The number of nitrogens with one attached hydrogen (secondary N) is 1. The molecule has 1 N–H and O–H groups in total. The van der Waals surface area contributed by atoms with Gasteiger partial charge in [-0.15, -0.1) is 0 Å². The number of ether oxygens (including phenoxy) is 1. The topological polar surface area (TPSA) is 42.2 Å². The molecule has 3 rings (SSSR count). The molecule has 0 radical (unpaired) electrons. The molecule has 1 heterocycles. The van der Waals surface area contributed by atoms with Gasteiger partial charge in [-0.2, -0.15) is 4.57 Å². The minimum atomic E-state index is -0.159. The van der Waals surface area contributed by atoms with E-state index in [0.717, 1.165) is 24.9 Å². The molecule has 0 saturated carbocycles. The summed E-state index contributed by atoms with van der Waals surface area (Å²) in [5, 5.41) is 3.59. The summed E-state index contributed by atoms with van der Waals surface area (Å²) in [6.45, 7) is 5.78. The monoisotopic (exact) mass is 555 g/mol. The summed E-state index contributed by atoms with van der Waals surface area (Å²) in [7, 11) is 0. The van der Waals surface area contributed by atoms with E-state index in [1.54, 1.807) is 23.5 Å². The second kappa shape index (κ2) is 17.3. The molecule has 3 aromatic rings. The summed E-state index contributed by atoms with van der Waals surface area (Å²) < 4.78 is 8.19. The molecular weight excluding hydrogens is 512 g/mol. The molecule has 4 nitrogen and oxygen atoms in total. The van der Waals surface area contributed by atoms with Crippen LogP contribution >= 0.6 is 22.9 Å². The smallest absolute Gasteiger partial charge is 0.255 e. The van der Waals surface area contributed by atoms with Crippen molar-refractivity contribution in [3.63, 3.8) is 0 Å². The first-order valence-corrected chi connectivity index (χ1v) is 15.6. The number of hydrogen-bond donors (Lipinski definition) is 1. The van der Waals surface area contributed by atoms with Crippen LogP contribution in [-0.4, -0.2) is 12.5 Å². The van der Waals surface area contributed by atoms with E-state index in [2.05, 4.69) is 35.4 Å². The zero-order chi connectivity index (χ0) is 27.0. The van der Waals surface area contributed by atoms with E-state index in [0.29, 0.717) is 28.6 Å². The highest BCUT2D eigenvalue weighted by Gasteiger charge is 2.12. The van der Waals surface area contributed by atoms with Crippen LogP contribution in [0.1, 0.15) is 105 Å². The van der Waals surface area contributed by atoms with Crippen LogP contribution in [0.5, 0.6) is 5.75 Å². The zero-order valence-corrected chi connectivity index (χ0v) is 24.7. The maximum absolute atomic E-state index is 12.9. The lowest BCUT2D eigenvalue weighted by Gasteiger charge is -2.13. The first-order valence-electron chi connectivity index (χ1n) is 14.3. The highest BCUT2D eigenvalue weighted by Crippen LogP contribution is 2.29. The zero-order valence-electron chi connectivity index (χ0n) is 23.1. The van der Waals surface area contributed by atoms with Crippen LogP contribution in [0, 0.1) is 6.92 Å². The summed E-state index contributed by atoms with van der Waals surface area (Å²) >= 11 is 7.95. The van der Waals surface area contributed by atoms with Crippen molar-refractivity contribution >= 4 is 34.5 Å². The minimum Gasteiger partial charge on any atom is -0.491 e. The first-order chi connectivity index (χ1) is 18.5. The molecule has 1 amide bonds. The number of carbonyl (C=O) groups excluding carboxylic acids is 1. The molecule has 0 fully saturated rings. The molecule has 0 atom stereocenters. The predicted octanol–water partition coefficient (Wildman–Crippen LogP) is 9.38. The van der Waals surface area contributed by atoms with Crippen molar-refractivity contribution in [3.05, 3.63) is 75.2 Å². The molecule has 2 aromatic carbocycles. The molecule has 1 aromatic heterocycles. The van der Waals surface area contributed by atoms with Crippen LogP contribution in [-0.2, 0) is 6.54 Å². The molecule has 38 heavy (non-hydrogen) atoms. The Bertz CT molecular complexity index is 1100. The normalized spacial score (nSPS) is 11.0. The van der Waals surface area contributed by atoms with E-state index < -0.39 is 0 Å². The lowest BCUT2D eigenvalue weighted by Crippen LogP contribution is -2.30. The second-order valence-electron chi connectivity index (χ2n) is 10.2. The lowest BCUT2D eigenvalue weighted by atomic mass is 10.1. The summed E-state index contributed by atoms with van der Waals surface area (Å²) in [4.78, 5) is 14.2. The predicted molar refractivity (Wildman–Crippen MR) is 161 cm³/mol. The summed E-state index contributed by atoms with van der Waals surface area (Å²) in [5.74, 6) is 0.461. The number of rotatable bonds is 18. The number of amides is 1. The van der Waals surface area contributed by atoms with Gasteiger partial charge in [-0.05, 0) is 37.6 Å². The van der Waals surface area contributed by atoms with Crippen molar-refractivity contribution in [2.75, 3.05) is 11.9 Å². The number of anilines is 1. The Labute approximate surface area is 238 Å². The Morgan fingerprint density at radius 1 is 0.895 bits per heavy atom. The quantitative estimate of drug-likeness (QED) is 0.125. The van der Waals surface area contributed by atoms with Gasteiger partial charge in [0.2, 0.25) is 5.51 Å². The number of hydrogen-bond acceptors (Lipinski definition) is 3. The first kappa shape index (κ1) is 30.2. The van der Waals surface area contributed by atoms with Gasteiger partial charge in [0, 0.05) is 22.2 Å². The van der Waals surface area contributed by atoms with E-state index in [-0.39, 0.29) is 5.91 Å². The molecule has 206 valence electrons. The Kier molecular flexibility index (Phi) is 13.7. The SMILES string of the molecule is CCCCCCCCCCCCCCOc1cc(Cl)ccc1NC(=O)c1ccc(C[n+]2csc(C)c2)cc1. The van der Waals surface area contributed by atoms with Crippen molar-refractivity contribution in [2.45, 2.75) is 97.4 Å². The van der Waals surface area contributed by atoms with Gasteiger partial charge >= 0.3 is 0 Å². The van der Waals surface area contributed by atoms with Crippen molar-refractivity contribution < 1.29 is 14.1 Å². The van der Waals surface area contributed by atoms with E-state index in [1.165, 1.54) is 69.1 Å². The highest BCUT2D eigenvalue weighted by atomic mass is 35.5. The fourth-order valence-corrected chi connectivity index (χ4v) is 5.33. The highest BCUT2D eigenvalue weighted by molar-refractivity contribution is 7.09. The minimum absolute atomic E-state index is 0.159. The van der Waals surface area contributed by atoms with E-state index in [1.807, 2.05) is 30.3 Å². The van der Waals surface area contributed by atoms with Crippen LogP contribution in [0.25, 0.3) is 0 Å². The number of benzene rings is 2. The number of halogens is 1. The van der Waals surface area contributed by atoms with Crippen molar-refractivity contribution in [1.82, 2.24) is 0 Å². The van der Waals surface area contributed by atoms with Crippen LogP contribution in [0.4, 0.5) is 5.69 Å². The Morgan fingerprint density at radius 2 is 1.53 bits per heavy atom.